The highest BCUT2D eigenvalue weighted by Gasteiger charge is 2.31. The van der Waals surface area contributed by atoms with Gasteiger partial charge in [-0.3, -0.25) is 9.59 Å². The third-order valence-corrected chi connectivity index (χ3v) is 2.67. The molecule has 0 atom stereocenters. The fraction of sp³-hybridized carbons (Fsp3) is 0.231. The Morgan fingerprint density at radius 1 is 1.35 bits per heavy atom. The minimum absolute atomic E-state index is 0.137. The zero-order valence-electron chi connectivity index (χ0n) is 11.8. The molecule has 0 spiro atoms. The van der Waals surface area contributed by atoms with Gasteiger partial charge in [0.2, 0.25) is 0 Å². The smallest absolute Gasteiger partial charge is 0.416 e. The lowest BCUT2D eigenvalue weighted by Crippen LogP contribution is -2.21. The van der Waals surface area contributed by atoms with E-state index < -0.39 is 30.2 Å². The van der Waals surface area contributed by atoms with Crippen molar-refractivity contribution in [1.82, 2.24) is 14.8 Å². The monoisotopic (exact) mass is 328 g/mol. The van der Waals surface area contributed by atoms with Crippen LogP contribution < -0.4 is 5.32 Å². The van der Waals surface area contributed by atoms with Crippen LogP contribution in [0.5, 0.6) is 0 Å². The predicted molar refractivity (Wildman–Crippen MR) is 71.6 cm³/mol. The molecule has 1 N–H and O–H groups in total. The van der Waals surface area contributed by atoms with Crippen LogP contribution in [0.25, 0.3) is 5.69 Å². The molecule has 2 rings (SSSR count). The molecule has 0 fully saturated rings. The maximum absolute atomic E-state index is 12.8. The van der Waals surface area contributed by atoms with E-state index in [1.54, 1.807) is 0 Å². The van der Waals surface area contributed by atoms with Crippen molar-refractivity contribution >= 4 is 17.6 Å². The summed E-state index contributed by atoms with van der Waals surface area (Å²) >= 11 is 0. The second-order valence-corrected chi connectivity index (χ2v) is 4.40. The highest BCUT2D eigenvalue weighted by atomic mass is 19.4. The Balaban J connectivity index is 2.33. The number of nitrogens with zero attached hydrogens (tertiary/aromatic N) is 3. The van der Waals surface area contributed by atoms with Crippen LogP contribution in [-0.4, -0.2) is 33.2 Å². The molecule has 0 unspecified atom stereocenters. The van der Waals surface area contributed by atoms with Crippen molar-refractivity contribution in [3.05, 3.63) is 36.4 Å². The Labute approximate surface area is 128 Å². The number of benzene rings is 1. The number of halogens is 3. The molecule has 0 aliphatic carbocycles. The molecule has 2 aromatic rings. The summed E-state index contributed by atoms with van der Waals surface area (Å²) in [7, 11) is 0. The topological polar surface area (TPSA) is 86.1 Å². The fourth-order valence-corrected chi connectivity index (χ4v) is 1.70. The number of anilines is 1. The summed E-state index contributed by atoms with van der Waals surface area (Å²) in [6.07, 6.45) is -2.11. The quantitative estimate of drug-likeness (QED) is 0.865. The number of amides is 1. The van der Waals surface area contributed by atoms with E-state index in [2.05, 4.69) is 20.1 Å². The molecule has 7 nitrogen and oxygen atoms in total. The second-order valence-electron chi connectivity index (χ2n) is 4.40. The summed E-state index contributed by atoms with van der Waals surface area (Å²) < 4.78 is 44.1. The molecule has 1 heterocycles. The first-order valence-electron chi connectivity index (χ1n) is 6.27. The predicted octanol–water partition coefficient (Wildman–Crippen LogP) is 1.79. The van der Waals surface area contributed by atoms with Crippen molar-refractivity contribution in [3.8, 4) is 5.69 Å². The van der Waals surface area contributed by atoms with Crippen LogP contribution in [0.4, 0.5) is 18.9 Å². The van der Waals surface area contributed by atoms with Gasteiger partial charge < -0.3 is 10.1 Å². The van der Waals surface area contributed by atoms with Gasteiger partial charge >= 0.3 is 12.1 Å². The van der Waals surface area contributed by atoms with Crippen molar-refractivity contribution in [2.75, 3.05) is 11.9 Å². The standard InChI is InChI=1S/C13H11F3N4O3/c1-8(21)23-5-12(22)19-10-4-9(13(14,15)16)2-3-11(10)20-7-17-6-18-20/h2-4,6-7H,5H2,1H3,(H,19,22). The Kier molecular flexibility index (Phi) is 4.63. The van der Waals surface area contributed by atoms with E-state index in [-0.39, 0.29) is 11.4 Å². The van der Waals surface area contributed by atoms with Crippen LogP contribution in [0, 0.1) is 0 Å². The van der Waals surface area contributed by atoms with Gasteiger partial charge in [-0.25, -0.2) is 9.67 Å². The Bertz CT molecular complexity index is 714. The normalized spacial score (nSPS) is 11.1. The first-order valence-corrected chi connectivity index (χ1v) is 6.27. The Morgan fingerprint density at radius 3 is 2.65 bits per heavy atom. The largest absolute Gasteiger partial charge is 0.456 e. The molecule has 23 heavy (non-hydrogen) atoms. The number of carbonyl (C=O) groups excluding carboxylic acids is 2. The van der Waals surface area contributed by atoms with E-state index in [4.69, 9.17) is 0 Å². The van der Waals surface area contributed by atoms with Gasteiger partial charge in [0, 0.05) is 6.92 Å². The molecule has 0 saturated carbocycles. The zero-order chi connectivity index (χ0) is 17.0. The average molecular weight is 328 g/mol. The summed E-state index contributed by atoms with van der Waals surface area (Å²) in [4.78, 5) is 26.0. The van der Waals surface area contributed by atoms with Crippen molar-refractivity contribution in [2.45, 2.75) is 13.1 Å². The van der Waals surface area contributed by atoms with Crippen molar-refractivity contribution in [3.63, 3.8) is 0 Å². The SMILES string of the molecule is CC(=O)OCC(=O)Nc1cc(C(F)(F)F)ccc1-n1cncn1. The van der Waals surface area contributed by atoms with Gasteiger partial charge in [0.25, 0.3) is 5.91 Å². The molecular weight excluding hydrogens is 317 g/mol. The zero-order valence-corrected chi connectivity index (χ0v) is 11.8. The van der Waals surface area contributed by atoms with Gasteiger partial charge in [0.1, 0.15) is 12.7 Å². The number of aromatic nitrogens is 3. The molecule has 0 aliphatic rings. The number of alkyl halides is 3. The summed E-state index contributed by atoms with van der Waals surface area (Å²) in [6, 6.07) is 2.78. The van der Waals surface area contributed by atoms with Crippen LogP contribution in [0.2, 0.25) is 0 Å². The maximum Gasteiger partial charge on any atom is 0.416 e. The first kappa shape index (κ1) is 16.5. The van der Waals surface area contributed by atoms with E-state index in [0.29, 0.717) is 0 Å². The van der Waals surface area contributed by atoms with E-state index in [9.17, 15) is 22.8 Å². The number of nitrogens with one attached hydrogen (secondary N) is 1. The molecule has 0 saturated heterocycles. The third kappa shape index (κ3) is 4.28. The van der Waals surface area contributed by atoms with Gasteiger partial charge in [-0.15, -0.1) is 0 Å². The number of hydrogen-bond acceptors (Lipinski definition) is 5. The lowest BCUT2D eigenvalue weighted by molar-refractivity contribution is -0.144. The summed E-state index contributed by atoms with van der Waals surface area (Å²) in [6.45, 7) is 0.501. The van der Waals surface area contributed by atoms with Crippen molar-refractivity contribution < 1.29 is 27.5 Å². The number of esters is 1. The Morgan fingerprint density at radius 2 is 2.09 bits per heavy atom. The highest BCUT2D eigenvalue weighted by molar-refractivity contribution is 5.94. The van der Waals surface area contributed by atoms with Crippen LogP contribution in [0.1, 0.15) is 12.5 Å². The van der Waals surface area contributed by atoms with Gasteiger partial charge in [-0.2, -0.15) is 18.3 Å². The summed E-state index contributed by atoms with van der Waals surface area (Å²) in [5.74, 6) is -1.46. The average Bonchev–Trinajstić information content (AvgIpc) is 2.98. The highest BCUT2D eigenvalue weighted by Crippen LogP contribution is 2.33. The molecule has 0 aliphatic heterocycles. The van der Waals surface area contributed by atoms with Crippen molar-refractivity contribution in [2.24, 2.45) is 0 Å². The lowest BCUT2D eigenvalue weighted by Gasteiger charge is -2.14. The first-order chi connectivity index (χ1) is 10.8. The molecule has 122 valence electrons. The molecule has 0 bridgehead atoms. The van der Waals surface area contributed by atoms with E-state index in [0.717, 1.165) is 25.1 Å². The molecule has 1 aromatic heterocycles. The number of rotatable bonds is 4. The molecular formula is C13H11F3N4O3. The lowest BCUT2D eigenvalue weighted by atomic mass is 10.1. The van der Waals surface area contributed by atoms with Gasteiger partial charge in [-0.05, 0) is 18.2 Å². The molecule has 0 radical (unpaired) electrons. The van der Waals surface area contributed by atoms with E-state index in [1.165, 1.54) is 17.3 Å². The van der Waals surface area contributed by atoms with Crippen LogP contribution in [-0.2, 0) is 20.5 Å². The molecule has 10 heteroatoms. The van der Waals surface area contributed by atoms with Crippen LogP contribution in [0.3, 0.4) is 0 Å². The van der Waals surface area contributed by atoms with E-state index in [1.807, 2.05) is 0 Å². The van der Waals surface area contributed by atoms with Gasteiger partial charge in [0.05, 0.1) is 16.9 Å². The minimum Gasteiger partial charge on any atom is -0.456 e. The Hall–Kier alpha value is -2.91. The molecule has 1 aromatic carbocycles. The maximum atomic E-state index is 12.8. The number of carbonyl (C=O) groups is 2. The number of hydrogen-bond donors (Lipinski definition) is 1. The third-order valence-electron chi connectivity index (χ3n) is 2.67. The van der Waals surface area contributed by atoms with E-state index >= 15 is 0 Å². The summed E-state index contributed by atoms with van der Waals surface area (Å²) in [5.41, 5.74) is -0.890. The summed E-state index contributed by atoms with van der Waals surface area (Å²) in [5, 5.41) is 6.07. The fourth-order valence-electron chi connectivity index (χ4n) is 1.70. The van der Waals surface area contributed by atoms with Crippen LogP contribution >= 0.6 is 0 Å². The van der Waals surface area contributed by atoms with Gasteiger partial charge in [-0.1, -0.05) is 0 Å². The molecule has 1 amide bonds. The van der Waals surface area contributed by atoms with Crippen LogP contribution in [0.15, 0.2) is 30.9 Å². The second kappa shape index (κ2) is 6.46. The van der Waals surface area contributed by atoms with Gasteiger partial charge in [0.15, 0.2) is 6.61 Å². The number of ether oxygens (including phenoxy) is 1. The van der Waals surface area contributed by atoms with Crippen molar-refractivity contribution in [1.29, 1.82) is 0 Å². The minimum atomic E-state index is -4.57.